The highest BCUT2D eigenvalue weighted by atomic mass is 35.5. The van der Waals surface area contributed by atoms with Gasteiger partial charge >= 0.3 is 0 Å². The van der Waals surface area contributed by atoms with E-state index in [2.05, 4.69) is 4.98 Å². The van der Waals surface area contributed by atoms with E-state index in [0.29, 0.717) is 5.52 Å². The van der Waals surface area contributed by atoms with Crippen molar-refractivity contribution in [1.82, 2.24) is 4.98 Å². The van der Waals surface area contributed by atoms with E-state index in [9.17, 15) is 10.2 Å². The lowest BCUT2D eigenvalue weighted by molar-refractivity contribution is 0.0527. The van der Waals surface area contributed by atoms with E-state index < -0.39 is 12.2 Å². The molecule has 5 heteroatoms. The van der Waals surface area contributed by atoms with Crippen molar-refractivity contribution in [2.45, 2.75) is 12.2 Å². The summed E-state index contributed by atoms with van der Waals surface area (Å²) in [7, 11) is 0. The maximum absolute atomic E-state index is 9.73. The molecule has 2 atom stereocenters. The van der Waals surface area contributed by atoms with Crippen molar-refractivity contribution < 1.29 is 10.2 Å². The minimum atomic E-state index is -1.52. The number of pyridine rings is 1. The molecule has 2 rings (SSSR count). The van der Waals surface area contributed by atoms with Crippen molar-refractivity contribution in [3.63, 3.8) is 0 Å². The van der Waals surface area contributed by atoms with Crippen LogP contribution in [-0.4, -0.2) is 21.3 Å². The average Bonchev–Trinajstić information content (AvgIpc) is 2.36. The van der Waals surface area contributed by atoms with Crippen LogP contribution < -0.4 is 0 Å². The number of benzene rings is 1. The Morgan fingerprint density at radius 1 is 1.29 bits per heavy atom. The van der Waals surface area contributed by atoms with E-state index in [4.69, 9.17) is 16.9 Å². The summed E-state index contributed by atoms with van der Waals surface area (Å²) in [5.41, 5.74) is 0.944. The largest absolute Gasteiger partial charge is 0.384 e. The van der Waals surface area contributed by atoms with Crippen LogP contribution in [-0.2, 0) is 0 Å². The zero-order valence-electron chi connectivity index (χ0n) is 8.71. The Balaban J connectivity index is 2.55. The molecule has 0 radical (unpaired) electrons. The van der Waals surface area contributed by atoms with Crippen LogP contribution in [0.15, 0.2) is 30.3 Å². The summed E-state index contributed by atoms with van der Waals surface area (Å²) in [6.07, 6.45) is -2.87. The zero-order valence-corrected chi connectivity index (χ0v) is 9.46. The van der Waals surface area contributed by atoms with E-state index in [1.807, 2.05) is 18.2 Å². The summed E-state index contributed by atoms with van der Waals surface area (Å²) in [6, 6.07) is 10.4. The summed E-state index contributed by atoms with van der Waals surface area (Å²) in [5, 5.41) is 28.4. The standard InChI is InChI=1S/C12H9ClN2O2/c13-12-8(11(17)10(16)6-14)5-7-3-1-2-4-9(7)15-12/h1-5,10-11,16-17H. The summed E-state index contributed by atoms with van der Waals surface area (Å²) in [6.45, 7) is 0. The Morgan fingerprint density at radius 3 is 2.71 bits per heavy atom. The lowest BCUT2D eigenvalue weighted by Gasteiger charge is -2.13. The number of aliphatic hydroxyl groups excluding tert-OH is 2. The highest BCUT2D eigenvalue weighted by Crippen LogP contribution is 2.27. The SMILES string of the molecule is N#CC(O)C(O)c1cc2ccccc2nc1Cl. The van der Waals surface area contributed by atoms with Crippen LogP contribution in [0.3, 0.4) is 0 Å². The fourth-order valence-electron chi connectivity index (χ4n) is 1.56. The molecule has 1 aromatic heterocycles. The topological polar surface area (TPSA) is 77.1 Å². The lowest BCUT2D eigenvalue weighted by Crippen LogP contribution is -2.16. The van der Waals surface area contributed by atoms with Gasteiger partial charge in [-0.05, 0) is 12.1 Å². The number of fused-ring (bicyclic) bond motifs is 1. The molecule has 0 saturated heterocycles. The Kier molecular flexibility index (Phi) is 3.25. The summed E-state index contributed by atoms with van der Waals surface area (Å²) in [5.74, 6) is 0. The van der Waals surface area contributed by atoms with Gasteiger partial charge in [0.05, 0.1) is 11.6 Å². The summed E-state index contributed by atoms with van der Waals surface area (Å²) >= 11 is 5.91. The molecule has 0 spiro atoms. The van der Waals surface area contributed by atoms with Crippen LogP contribution in [0.1, 0.15) is 11.7 Å². The van der Waals surface area contributed by atoms with Gasteiger partial charge in [0, 0.05) is 10.9 Å². The quantitative estimate of drug-likeness (QED) is 0.628. The molecule has 86 valence electrons. The zero-order chi connectivity index (χ0) is 12.4. The van der Waals surface area contributed by atoms with Crippen LogP contribution >= 0.6 is 11.6 Å². The molecular formula is C12H9ClN2O2. The molecule has 0 aliphatic carbocycles. The Morgan fingerprint density at radius 2 is 2.00 bits per heavy atom. The smallest absolute Gasteiger partial charge is 0.170 e. The van der Waals surface area contributed by atoms with Crippen LogP contribution in [0, 0.1) is 11.3 Å². The van der Waals surface area contributed by atoms with E-state index in [1.54, 1.807) is 18.2 Å². The minimum Gasteiger partial charge on any atom is -0.384 e. The highest BCUT2D eigenvalue weighted by Gasteiger charge is 2.21. The second-order valence-corrected chi connectivity index (χ2v) is 3.94. The Bertz CT molecular complexity index is 595. The number of para-hydroxylation sites is 1. The van der Waals surface area contributed by atoms with Gasteiger partial charge in [-0.15, -0.1) is 0 Å². The molecular weight excluding hydrogens is 240 g/mol. The van der Waals surface area contributed by atoms with Crippen molar-refractivity contribution in [1.29, 1.82) is 5.26 Å². The van der Waals surface area contributed by atoms with Crippen molar-refractivity contribution in [3.8, 4) is 6.07 Å². The maximum Gasteiger partial charge on any atom is 0.170 e. The highest BCUT2D eigenvalue weighted by molar-refractivity contribution is 6.30. The average molecular weight is 249 g/mol. The molecule has 17 heavy (non-hydrogen) atoms. The van der Waals surface area contributed by atoms with E-state index in [-0.39, 0.29) is 10.7 Å². The van der Waals surface area contributed by atoms with Crippen LogP contribution in [0.2, 0.25) is 5.15 Å². The summed E-state index contributed by atoms with van der Waals surface area (Å²) < 4.78 is 0. The first-order valence-corrected chi connectivity index (χ1v) is 5.32. The van der Waals surface area contributed by atoms with Gasteiger partial charge in [-0.25, -0.2) is 4.98 Å². The summed E-state index contributed by atoms with van der Waals surface area (Å²) in [4.78, 5) is 4.10. The number of nitriles is 1. The third-order valence-corrected chi connectivity index (χ3v) is 2.76. The maximum atomic E-state index is 9.73. The predicted octanol–water partition coefficient (Wildman–Crippen LogP) is 1.81. The number of aromatic nitrogens is 1. The second-order valence-electron chi connectivity index (χ2n) is 3.58. The van der Waals surface area contributed by atoms with E-state index in [0.717, 1.165) is 5.39 Å². The van der Waals surface area contributed by atoms with Gasteiger partial charge < -0.3 is 10.2 Å². The van der Waals surface area contributed by atoms with E-state index >= 15 is 0 Å². The molecule has 4 nitrogen and oxygen atoms in total. The van der Waals surface area contributed by atoms with Gasteiger partial charge in [0.15, 0.2) is 6.10 Å². The predicted molar refractivity (Wildman–Crippen MR) is 63.3 cm³/mol. The third-order valence-electron chi connectivity index (χ3n) is 2.45. The van der Waals surface area contributed by atoms with Crippen LogP contribution in [0.25, 0.3) is 10.9 Å². The Hall–Kier alpha value is -1.67. The van der Waals surface area contributed by atoms with Gasteiger partial charge in [-0.3, -0.25) is 0 Å². The fourth-order valence-corrected chi connectivity index (χ4v) is 1.81. The van der Waals surface area contributed by atoms with Crippen molar-refractivity contribution in [3.05, 3.63) is 41.0 Å². The molecule has 1 aromatic carbocycles. The molecule has 0 fully saturated rings. The van der Waals surface area contributed by atoms with Gasteiger partial charge in [0.1, 0.15) is 11.3 Å². The van der Waals surface area contributed by atoms with Gasteiger partial charge in [-0.1, -0.05) is 29.8 Å². The molecule has 1 heterocycles. The van der Waals surface area contributed by atoms with Crippen LogP contribution in [0.4, 0.5) is 0 Å². The number of halogens is 1. The number of hydrogen-bond donors (Lipinski definition) is 2. The first-order chi connectivity index (χ1) is 8.13. The molecule has 0 aliphatic heterocycles. The van der Waals surface area contributed by atoms with Crippen LogP contribution in [0.5, 0.6) is 0 Å². The minimum absolute atomic E-state index is 0.0884. The lowest BCUT2D eigenvalue weighted by atomic mass is 10.0. The first kappa shape index (κ1) is 11.8. The monoisotopic (exact) mass is 248 g/mol. The van der Waals surface area contributed by atoms with Gasteiger partial charge in [0.25, 0.3) is 0 Å². The van der Waals surface area contributed by atoms with Crippen molar-refractivity contribution in [2.24, 2.45) is 0 Å². The van der Waals surface area contributed by atoms with E-state index in [1.165, 1.54) is 0 Å². The van der Waals surface area contributed by atoms with Crippen molar-refractivity contribution >= 4 is 22.5 Å². The molecule has 0 saturated carbocycles. The number of aliphatic hydroxyl groups is 2. The normalized spacial score (nSPS) is 14.2. The van der Waals surface area contributed by atoms with Gasteiger partial charge in [0.2, 0.25) is 0 Å². The molecule has 2 N–H and O–H groups in total. The molecule has 0 amide bonds. The van der Waals surface area contributed by atoms with Gasteiger partial charge in [-0.2, -0.15) is 5.26 Å². The van der Waals surface area contributed by atoms with Crippen molar-refractivity contribution in [2.75, 3.05) is 0 Å². The molecule has 2 unspecified atom stereocenters. The number of nitrogens with zero attached hydrogens (tertiary/aromatic N) is 2. The second kappa shape index (κ2) is 4.68. The Labute approximate surface area is 103 Å². The number of hydrogen-bond acceptors (Lipinski definition) is 4. The molecule has 0 bridgehead atoms. The first-order valence-electron chi connectivity index (χ1n) is 4.94. The number of rotatable bonds is 2. The molecule has 2 aromatic rings. The molecule has 0 aliphatic rings. The fraction of sp³-hybridized carbons (Fsp3) is 0.167. The third kappa shape index (κ3) is 2.22.